The van der Waals surface area contributed by atoms with Gasteiger partial charge in [0.25, 0.3) is 0 Å². The van der Waals surface area contributed by atoms with Gasteiger partial charge in [-0.05, 0) is 19.1 Å². The molecule has 0 amide bonds. The molecule has 5 nitrogen and oxygen atoms in total. The molecule has 0 radical (unpaired) electrons. The summed E-state index contributed by atoms with van der Waals surface area (Å²) in [6.45, 7) is 1.73. The van der Waals surface area contributed by atoms with Crippen LogP contribution in [-0.4, -0.2) is 26.1 Å². The van der Waals surface area contributed by atoms with Crippen molar-refractivity contribution in [3.05, 3.63) is 45.4 Å². The van der Waals surface area contributed by atoms with E-state index in [1.165, 1.54) is 10.7 Å². The highest BCUT2D eigenvalue weighted by molar-refractivity contribution is 9.10. The van der Waals surface area contributed by atoms with E-state index < -0.39 is 5.97 Å². The van der Waals surface area contributed by atoms with E-state index >= 15 is 0 Å². The Labute approximate surface area is 110 Å². The molecule has 0 aliphatic heterocycles. The van der Waals surface area contributed by atoms with Gasteiger partial charge in [-0.25, -0.2) is 13.9 Å². The van der Waals surface area contributed by atoms with Crippen LogP contribution in [0, 0.1) is 12.7 Å². The molecule has 0 atom stereocenters. The van der Waals surface area contributed by atoms with Gasteiger partial charge < -0.3 is 5.11 Å². The van der Waals surface area contributed by atoms with Gasteiger partial charge in [-0.3, -0.25) is 0 Å². The van der Waals surface area contributed by atoms with Crippen LogP contribution in [0.15, 0.2) is 22.7 Å². The molecule has 2 aromatic rings. The summed E-state index contributed by atoms with van der Waals surface area (Å²) in [4.78, 5) is 10.8. The van der Waals surface area contributed by atoms with Crippen molar-refractivity contribution in [3.8, 4) is 0 Å². The normalized spacial score (nSPS) is 10.6. The van der Waals surface area contributed by atoms with Crippen LogP contribution in [0.1, 0.15) is 21.7 Å². The molecule has 18 heavy (non-hydrogen) atoms. The molecule has 0 unspecified atom stereocenters. The Balaban J connectivity index is 2.32. The molecule has 1 aromatic heterocycles. The molecule has 0 aliphatic rings. The topological polar surface area (TPSA) is 68.0 Å². The summed E-state index contributed by atoms with van der Waals surface area (Å²) >= 11 is 3.17. The standard InChI is InChI=1S/C11H9BrFN3O2/c1-6-10(11(17)18)14-15-16(6)5-7-2-3-8(12)4-9(7)13/h2-4H,5H2,1H3,(H,17,18). The Morgan fingerprint density at radius 2 is 2.28 bits per heavy atom. The van der Waals surface area contributed by atoms with Crippen LogP contribution in [0.5, 0.6) is 0 Å². The fourth-order valence-corrected chi connectivity index (χ4v) is 1.85. The second-order valence-electron chi connectivity index (χ2n) is 3.72. The van der Waals surface area contributed by atoms with Crippen molar-refractivity contribution in [3.63, 3.8) is 0 Å². The van der Waals surface area contributed by atoms with E-state index in [1.807, 2.05) is 0 Å². The quantitative estimate of drug-likeness (QED) is 0.943. The first-order valence-electron chi connectivity index (χ1n) is 5.06. The minimum atomic E-state index is -1.14. The third-order valence-corrected chi connectivity index (χ3v) is 3.01. The Morgan fingerprint density at radius 3 is 2.83 bits per heavy atom. The maximum Gasteiger partial charge on any atom is 0.358 e. The lowest BCUT2D eigenvalue weighted by Gasteiger charge is -2.05. The molecule has 0 saturated heterocycles. The number of rotatable bonds is 3. The maximum absolute atomic E-state index is 13.6. The summed E-state index contributed by atoms with van der Waals surface area (Å²) in [7, 11) is 0. The monoisotopic (exact) mass is 313 g/mol. The second-order valence-corrected chi connectivity index (χ2v) is 4.64. The van der Waals surface area contributed by atoms with E-state index in [9.17, 15) is 9.18 Å². The van der Waals surface area contributed by atoms with E-state index in [2.05, 4.69) is 26.2 Å². The van der Waals surface area contributed by atoms with Crippen molar-refractivity contribution in [1.29, 1.82) is 0 Å². The Bertz CT molecular complexity index is 612. The molecular weight excluding hydrogens is 305 g/mol. The lowest BCUT2D eigenvalue weighted by atomic mass is 10.2. The van der Waals surface area contributed by atoms with Crippen LogP contribution in [0.2, 0.25) is 0 Å². The van der Waals surface area contributed by atoms with Crippen LogP contribution in [0.25, 0.3) is 0 Å². The average Bonchev–Trinajstić information content (AvgIpc) is 2.64. The van der Waals surface area contributed by atoms with E-state index in [0.29, 0.717) is 15.7 Å². The molecule has 1 N–H and O–H groups in total. The molecule has 94 valence electrons. The van der Waals surface area contributed by atoms with Crippen LogP contribution < -0.4 is 0 Å². The van der Waals surface area contributed by atoms with Gasteiger partial charge in [-0.1, -0.05) is 27.2 Å². The highest BCUT2D eigenvalue weighted by Gasteiger charge is 2.15. The van der Waals surface area contributed by atoms with Crippen molar-refractivity contribution >= 4 is 21.9 Å². The minimum Gasteiger partial charge on any atom is -0.476 e. The fourth-order valence-electron chi connectivity index (χ4n) is 1.52. The number of aromatic carboxylic acids is 1. The molecular formula is C11H9BrFN3O2. The minimum absolute atomic E-state index is 0.118. The molecule has 2 rings (SSSR count). The average molecular weight is 314 g/mol. The fraction of sp³-hybridized carbons (Fsp3) is 0.182. The molecule has 7 heteroatoms. The number of hydrogen-bond acceptors (Lipinski definition) is 3. The number of carboxylic acids is 1. The van der Waals surface area contributed by atoms with Gasteiger partial charge in [0.05, 0.1) is 12.2 Å². The molecule has 0 spiro atoms. The van der Waals surface area contributed by atoms with Crippen molar-refractivity contribution < 1.29 is 14.3 Å². The van der Waals surface area contributed by atoms with Gasteiger partial charge in [-0.15, -0.1) is 5.10 Å². The number of carbonyl (C=O) groups is 1. The van der Waals surface area contributed by atoms with E-state index in [-0.39, 0.29) is 18.1 Å². The number of aromatic nitrogens is 3. The number of hydrogen-bond donors (Lipinski definition) is 1. The summed E-state index contributed by atoms with van der Waals surface area (Å²) in [5.41, 5.74) is 0.695. The van der Waals surface area contributed by atoms with Gasteiger partial charge in [-0.2, -0.15) is 0 Å². The van der Waals surface area contributed by atoms with Gasteiger partial charge >= 0.3 is 5.97 Å². The smallest absolute Gasteiger partial charge is 0.358 e. The lowest BCUT2D eigenvalue weighted by Crippen LogP contribution is -2.07. The van der Waals surface area contributed by atoms with Crippen LogP contribution in [-0.2, 0) is 6.54 Å². The predicted molar refractivity (Wildman–Crippen MR) is 64.9 cm³/mol. The van der Waals surface area contributed by atoms with E-state index in [1.54, 1.807) is 19.1 Å². The molecule has 0 fully saturated rings. The Hall–Kier alpha value is -1.76. The first-order valence-corrected chi connectivity index (χ1v) is 5.85. The van der Waals surface area contributed by atoms with Crippen LogP contribution in [0.3, 0.4) is 0 Å². The van der Waals surface area contributed by atoms with Gasteiger partial charge in [0.2, 0.25) is 0 Å². The van der Waals surface area contributed by atoms with Crippen molar-refractivity contribution in [2.24, 2.45) is 0 Å². The largest absolute Gasteiger partial charge is 0.476 e. The third-order valence-electron chi connectivity index (χ3n) is 2.52. The summed E-state index contributed by atoms with van der Waals surface area (Å²) in [5, 5.41) is 16.1. The maximum atomic E-state index is 13.6. The summed E-state index contributed by atoms with van der Waals surface area (Å²) in [6.07, 6.45) is 0. The Morgan fingerprint density at radius 1 is 1.56 bits per heavy atom. The van der Waals surface area contributed by atoms with Crippen molar-refractivity contribution in [2.45, 2.75) is 13.5 Å². The first kappa shape index (κ1) is 12.7. The number of nitrogens with zero attached hydrogens (tertiary/aromatic N) is 3. The van der Waals surface area contributed by atoms with Crippen LogP contribution >= 0.6 is 15.9 Å². The molecule has 0 aliphatic carbocycles. The van der Waals surface area contributed by atoms with Crippen molar-refractivity contribution in [1.82, 2.24) is 15.0 Å². The number of halogens is 2. The number of benzene rings is 1. The van der Waals surface area contributed by atoms with E-state index in [4.69, 9.17) is 5.11 Å². The second kappa shape index (κ2) is 4.85. The summed E-state index contributed by atoms with van der Waals surface area (Å²) in [5.74, 6) is -1.52. The van der Waals surface area contributed by atoms with Gasteiger partial charge in [0.1, 0.15) is 5.82 Å². The zero-order chi connectivity index (χ0) is 13.3. The predicted octanol–water partition coefficient (Wildman–Crippen LogP) is 2.23. The molecule has 0 saturated carbocycles. The third kappa shape index (κ3) is 2.40. The number of carboxylic acid groups (broad SMARTS) is 1. The molecule has 0 bridgehead atoms. The SMILES string of the molecule is Cc1c(C(=O)O)nnn1Cc1ccc(Br)cc1F. The molecule has 1 aromatic carbocycles. The molecule has 1 heterocycles. The zero-order valence-electron chi connectivity index (χ0n) is 9.39. The lowest BCUT2D eigenvalue weighted by molar-refractivity contribution is 0.0689. The van der Waals surface area contributed by atoms with Gasteiger partial charge in [0, 0.05) is 10.0 Å². The highest BCUT2D eigenvalue weighted by atomic mass is 79.9. The summed E-state index contributed by atoms with van der Waals surface area (Å²) < 4.78 is 15.6. The first-order chi connectivity index (χ1) is 8.49. The van der Waals surface area contributed by atoms with Crippen molar-refractivity contribution in [2.75, 3.05) is 0 Å². The zero-order valence-corrected chi connectivity index (χ0v) is 11.0. The van der Waals surface area contributed by atoms with Crippen LogP contribution in [0.4, 0.5) is 4.39 Å². The van der Waals surface area contributed by atoms with E-state index in [0.717, 1.165) is 0 Å². The highest BCUT2D eigenvalue weighted by Crippen LogP contribution is 2.17. The summed E-state index contributed by atoms with van der Waals surface area (Å²) in [6, 6.07) is 4.67. The Kier molecular flexibility index (Phi) is 3.42. The van der Waals surface area contributed by atoms with Gasteiger partial charge in [0.15, 0.2) is 5.69 Å².